The van der Waals surface area contributed by atoms with E-state index in [-0.39, 0.29) is 5.56 Å². The molecule has 0 saturated heterocycles. The fourth-order valence-corrected chi connectivity index (χ4v) is 3.53. The predicted molar refractivity (Wildman–Crippen MR) is 130 cm³/mol. The van der Waals surface area contributed by atoms with E-state index in [0.717, 1.165) is 16.7 Å². The monoisotopic (exact) mass is 445 g/mol. The summed E-state index contributed by atoms with van der Waals surface area (Å²) in [5, 5.41) is 9.67. The summed E-state index contributed by atoms with van der Waals surface area (Å²) in [6.45, 7) is 14.5. The molecule has 33 heavy (non-hydrogen) atoms. The Labute approximate surface area is 192 Å². The van der Waals surface area contributed by atoms with Crippen molar-refractivity contribution >= 4 is 22.6 Å². The number of benzene rings is 2. The van der Waals surface area contributed by atoms with Crippen molar-refractivity contribution in [2.45, 2.75) is 13.5 Å². The molecule has 0 fully saturated rings. The highest BCUT2D eigenvalue weighted by molar-refractivity contribution is 6.01. The first kappa shape index (κ1) is 23.6. The standard InChI is InChI=1S/C26H27N3O4/c1-6-9-21(17(3)18(4)28-32-5)20-14-12-19(13-15-20)16-29-24-22(25(30)31)10-8-11-23(24)27-26(29)33-7-2/h6,8-15,28H,1,3-4,7,16H2,2,5H3,(H,30,31). The molecule has 0 bridgehead atoms. The van der Waals surface area contributed by atoms with Crippen molar-refractivity contribution in [1.82, 2.24) is 15.0 Å². The highest BCUT2D eigenvalue weighted by Crippen LogP contribution is 2.29. The number of carboxylic acids is 1. The van der Waals surface area contributed by atoms with Gasteiger partial charge < -0.3 is 9.84 Å². The zero-order chi connectivity index (χ0) is 24.0. The number of hydroxylamine groups is 1. The van der Waals surface area contributed by atoms with Gasteiger partial charge in [-0.15, -0.1) is 0 Å². The van der Waals surface area contributed by atoms with Gasteiger partial charge in [0.2, 0.25) is 0 Å². The number of fused-ring (bicyclic) bond motifs is 1. The van der Waals surface area contributed by atoms with Crippen LogP contribution in [0.1, 0.15) is 28.4 Å². The Balaban J connectivity index is 1.98. The molecule has 0 aliphatic rings. The van der Waals surface area contributed by atoms with Gasteiger partial charge in [0.1, 0.15) is 0 Å². The second-order valence-corrected chi connectivity index (χ2v) is 7.17. The van der Waals surface area contributed by atoms with Gasteiger partial charge in [-0.2, -0.15) is 4.98 Å². The Bertz CT molecular complexity index is 1240. The van der Waals surface area contributed by atoms with Crippen molar-refractivity contribution in [2.24, 2.45) is 0 Å². The quantitative estimate of drug-likeness (QED) is 0.320. The van der Waals surface area contributed by atoms with Crippen molar-refractivity contribution in [1.29, 1.82) is 0 Å². The first-order valence-electron chi connectivity index (χ1n) is 10.4. The maximum Gasteiger partial charge on any atom is 0.337 e. The minimum absolute atomic E-state index is 0.180. The number of hydrogen-bond acceptors (Lipinski definition) is 5. The highest BCUT2D eigenvalue weighted by atomic mass is 16.6. The molecule has 0 aliphatic carbocycles. The van der Waals surface area contributed by atoms with Crippen molar-refractivity contribution in [3.63, 3.8) is 0 Å². The third kappa shape index (κ3) is 5.05. The average Bonchev–Trinajstić information content (AvgIpc) is 3.15. The molecule has 1 aromatic heterocycles. The number of para-hydroxylation sites is 1. The zero-order valence-corrected chi connectivity index (χ0v) is 18.8. The SMILES string of the molecule is C=CC=C(C(=C)C(=C)NOC)c1ccc(Cn2c(OCC)nc3cccc(C(=O)O)c32)cc1. The number of imidazole rings is 1. The number of aromatic nitrogens is 2. The molecule has 0 spiro atoms. The smallest absolute Gasteiger partial charge is 0.337 e. The van der Waals surface area contributed by atoms with Crippen LogP contribution in [0.5, 0.6) is 6.01 Å². The summed E-state index contributed by atoms with van der Waals surface area (Å²) in [5.41, 5.74) is 7.94. The molecule has 170 valence electrons. The summed E-state index contributed by atoms with van der Waals surface area (Å²) >= 11 is 0. The van der Waals surface area contributed by atoms with Crippen LogP contribution in [0, 0.1) is 0 Å². The Kier molecular flexibility index (Phi) is 7.48. The van der Waals surface area contributed by atoms with E-state index < -0.39 is 5.97 Å². The van der Waals surface area contributed by atoms with Crippen molar-refractivity contribution in [3.8, 4) is 6.01 Å². The summed E-state index contributed by atoms with van der Waals surface area (Å²) in [6, 6.07) is 13.3. The first-order valence-corrected chi connectivity index (χ1v) is 10.4. The molecule has 0 radical (unpaired) electrons. The van der Waals surface area contributed by atoms with Gasteiger partial charge in [-0.3, -0.25) is 14.9 Å². The average molecular weight is 446 g/mol. The molecule has 2 aromatic carbocycles. The van der Waals surface area contributed by atoms with Crippen LogP contribution in [0.15, 0.2) is 85.6 Å². The van der Waals surface area contributed by atoms with E-state index in [1.807, 2.05) is 37.3 Å². The summed E-state index contributed by atoms with van der Waals surface area (Å²) in [6.07, 6.45) is 3.55. The van der Waals surface area contributed by atoms with Gasteiger partial charge in [0, 0.05) is 0 Å². The molecule has 3 aromatic rings. The number of aromatic carboxylic acids is 1. The fourth-order valence-electron chi connectivity index (χ4n) is 3.53. The van der Waals surface area contributed by atoms with E-state index in [0.29, 0.717) is 41.5 Å². The van der Waals surface area contributed by atoms with E-state index >= 15 is 0 Å². The van der Waals surface area contributed by atoms with Gasteiger partial charge in [-0.1, -0.05) is 62.2 Å². The van der Waals surface area contributed by atoms with Crippen LogP contribution in [0.3, 0.4) is 0 Å². The van der Waals surface area contributed by atoms with Crippen LogP contribution in [-0.4, -0.2) is 34.3 Å². The molecule has 3 rings (SSSR count). The van der Waals surface area contributed by atoms with E-state index in [4.69, 9.17) is 9.57 Å². The molecule has 7 heteroatoms. The maximum absolute atomic E-state index is 11.8. The van der Waals surface area contributed by atoms with Crippen LogP contribution in [0.4, 0.5) is 0 Å². The van der Waals surface area contributed by atoms with Crippen molar-refractivity contribution in [3.05, 3.63) is 102 Å². The lowest BCUT2D eigenvalue weighted by Gasteiger charge is -2.15. The topological polar surface area (TPSA) is 85.6 Å². The first-order chi connectivity index (χ1) is 15.9. The minimum Gasteiger partial charge on any atom is -0.478 e. The van der Waals surface area contributed by atoms with E-state index in [2.05, 4.69) is 30.2 Å². The lowest BCUT2D eigenvalue weighted by atomic mass is 9.96. The number of allylic oxidation sites excluding steroid dienone is 3. The van der Waals surface area contributed by atoms with E-state index in [9.17, 15) is 9.90 Å². The van der Waals surface area contributed by atoms with Gasteiger partial charge in [-0.25, -0.2) is 4.79 Å². The summed E-state index contributed by atoms with van der Waals surface area (Å²) in [5.74, 6) is -1.01. The van der Waals surface area contributed by atoms with Gasteiger partial charge in [0.25, 0.3) is 6.01 Å². The number of hydrogen-bond donors (Lipinski definition) is 2. The molecule has 0 atom stereocenters. The van der Waals surface area contributed by atoms with Gasteiger partial charge in [0.15, 0.2) is 0 Å². The van der Waals surface area contributed by atoms with Gasteiger partial charge in [0.05, 0.1) is 42.6 Å². The molecular formula is C26H27N3O4. The second kappa shape index (κ2) is 10.5. The summed E-state index contributed by atoms with van der Waals surface area (Å²) in [7, 11) is 1.51. The van der Waals surface area contributed by atoms with Crippen LogP contribution in [-0.2, 0) is 11.4 Å². The zero-order valence-electron chi connectivity index (χ0n) is 18.8. The number of rotatable bonds is 11. The normalized spacial score (nSPS) is 11.3. The van der Waals surface area contributed by atoms with E-state index in [1.54, 1.807) is 28.8 Å². The number of carbonyl (C=O) groups is 1. The van der Waals surface area contributed by atoms with E-state index in [1.165, 1.54) is 7.11 Å². The van der Waals surface area contributed by atoms with Crippen LogP contribution < -0.4 is 10.2 Å². The predicted octanol–water partition coefficient (Wildman–Crippen LogP) is 4.97. The van der Waals surface area contributed by atoms with Gasteiger partial charge in [-0.05, 0) is 41.3 Å². The van der Waals surface area contributed by atoms with Crippen molar-refractivity contribution in [2.75, 3.05) is 13.7 Å². The number of carboxylic acid groups (broad SMARTS) is 1. The molecule has 0 amide bonds. The Morgan fingerprint density at radius 3 is 2.55 bits per heavy atom. The summed E-state index contributed by atoms with van der Waals surface area (Å²) in [4.78, 5) is 21.2. The maximum atomic E-state index is 11.8. The Morgan fingerprint density at radius 1 is 1.21 bits per heavy atom. The number of ether oxygens (including phenoxy) is 1. The van der Waals surface area contributed by atoms with Crippen LogP contribution >= 0.6 is 0 Å². The third-order valence-electron chi connectivity index (χ3n) is 5.04. The molecule has 0 unspecified atom stereocenters. The lowest BCUT2D eigenvalue weighted by molar-refractivity contribution is 0.0698. The summed E-state index contributed by atoms with van der Waals surface area (Å²) < 4.78 is 7.49. The largest absolute Gasteiger partial charge is 0.478 e. The van der Waals surface area contributed by atoms with Crippen LogP contribution in [0.2, 0.25) is 0 Å². The Morgan fingerprint density at radius 2 is 1.94 bits per heavy atom. The second-order valence-electron chi connectivity index (χ2n) is 7.17. The third-order valence-corrected chi connectivity index (χ3v) is 5.04. The molecule has 2 N–H and O–H groups in total. The molecule has 1 heterocycles. The molecule has 0 saturated carbocycles. The molecular weight excluding hydrogens is 418 g/mol. The fraction of sp³-hybridized carbons (Fsp3) is 0.154. The highest BCUT2D eigenvalue weighted by Gasteiger charge is 2.19. The lowest BCUT2D eigenvalue weighted by Crippen LogP contribution is -2.12. The molecule has 7 nitrogen and oxygen atoms in total. The molecule has 0 aliphatic heterocycles. The number of nitrogens with one attached hydrogen (secondary N) is 1. The Hall–Kier alpha value is -4.10. The number of nitrogens with zero attached hydrogens (tertiary/aromatic N) is 2. The van der Waals surface area contributed by atoms with Crippen molar-refractivity contribution < 1.29 is 19.5 Å². The van der Waals surface area contributed by atoms with Gasteiger partial charge >= 0.3 is 5.97 Å². The minimum atomic E-state index is -1.01. The van der Waals surface area contributed by atoms with Crippen LogP contribution in [0.25, 0.3) is 16.6 Å².